The number of aromatic amines is 1. The summed E-state index contributed by atoms with van der Waals surface area (Å²) in [7, 11) is 0. The summed E-state index contributed by atoms with van der Waals surface area (Å²) in [6, 6.07) is 2.05. The molecule has 3 heterocycles. The van der Waals surface area contributed by atoms with Crippen LogP contribution in [0.2, 0.25) is 0 Å². The summed E-state index contributed by atoms with van der Waals surface area (Å²) in [6.07, 6.45) is 4.34. The number of carbonyl (C=O) groups excluding carboxylic acids is 1. The van der Waals surface area contributed by atoms with Crippen LogP contribution >= 0.6 is 0 Å². The first-order valence-corrected chi connectivity index (χ1v) is 6.86. The number of pyridine rings is 1. The van der Waals surface area contributed by atoms with Crippen LogP contribution in [-0.4, -0.2) is 33.1 Å². The quantitative estimate of drug-likeness (QED) is 0.803. The van der Waals surface area contributed by atoms with Crippen LogP contribution in [0.4, 0.5) is 4.79 Å². The molecular formula is C15H19N3O2. The smallest absolute Gasteiger partial charge is 0.410 e. The standard InChI is InChI=1S/C15H19N3O2/c1-15(2,3)20-14(19)18-7-5-11-10(9-18)8-17-13-12(11)4-6-16-13/h4,6,8H,5,7,9H2,1-3H3,(H,16,17). The fraction of sp³-hybridized carbons (Fsp3) is 0.467. The second kappa shape index (κ2) is 4.51. The fourth-order valence-electron chi connectivity index (χ4n) is 2.55. The van der Waals surface area contributed by atoms with E-state index in [1.807, 2.05) is 39.2 Å². The molecule has 106 valence electrons. The fourth-order valence-corrected chi connectivity index (χ4v) is 2.55. The summed E-state index contributed by atoms with van der Waals surface area (Å²) in [5.41, 5.74) is 2.85. The maximum atomic E-state index is 12.1. The van der Waals surface area contributed by atoms with Crippen LogP contribution in [0.5, 0.6) is 0 Å². The molecule has 0 aromatic carbocycles. The molecule has 3 rings (SSSR count). The third-order valence-corrected chi connectivity index (χ3v) is 3.43. The van der Waals surface area contributed by atoms with Crippen LogP contribution in [0.1, 0.15) is 31.9 Å². The van der Waals surface area contributed by atoms with Crippen molar-refractivity contribution in [2.75, 3.05) is 6.54 Å². The molecule has 5 heteroatoms. The molecule has 1 aliphatic rings. The van der Waals surface area contributed by atoms with Gasteiger partial charge in [-0.1, -0.05) is 0 Å². The van der Waals surface area contributed by atoms with Gasteiger partial charge in [0.2, 0.25) is 0 Å². The normalized spacial score (nSPS) is 15.2. The van der Waals surface area contributed by atoms with Crippen LogP contribution < -0.4 is 0 Å². The van der Waals surface area contributed by atoms with Gasteiger partial charge in [0.15, 0.2) is 0 Å². The molecule has 0 saturated heterocycles. The minimum Gasteiger partial charge on any atom is -0.444 e. The summed E-state index contributed by atoms with van der Waals surface area (Å²) in [5, 5.41) is 1.16. The van der Waals surface area contributed by atoms with Crippen molar-refractivity contribution in [1.82, 2.24) is 14.9 Å². The molecule has 0 bridgehead atoms. The number of rotatable bonds is 0. The van der Waals surface area contributed by atoms with Crippen molar-refractivity contribution in [2.45, 2.75) is 39.3 Å². The van der Waals surface area contributed by atoms with Crippen LogP contribution in [0.3, 0.4) is 0 Å². The van der Waals surface area contributed by atoms with Crippen LogP contribution in [0, 0.1) is 0 Å². The lowest BCUT2D eigenvalue weighted by molar-refractivity contribution is 0.0224. The highest BCUT2D eigenvalue weighted by molar-refractivity contribution is 5.81. The Labute approximate surface area is 117 Å². The molecule has 2 aromatic heterocycles. The van der Waals surface area contributed by atoms with E-state index in [1.54, 1.807) is 4.90 Å². The van der Waals surface area contributed by atoms with Crippen molar-refractivity contribution < 1.29 is 9.53 Å². The monoisotopic (exact) mass is 273 g/mol. The Morgan fingerprint density at radius 1 is 1.45 bits per heavy atom. The predicted molar refractivity (Wildman–Crippen MR) is 76.4 cm³/mol. The predicted octanol–water partition coefficient (Wildman–Crippen LogP) is 2.86. The van der Waals surface area contributed by atoms with E-state index in [0.29, 0.717) is 13.1 Å². The van der Waals surface area contributed by atoms with E-state index >= 15 is 0 Å². The zero-order chi connectivity index (χ0) is 14.3. The first kappa shape index (κ1) is 13.0. The first-order valence-electron chi connectivity index (χ1n) is 6.86. The van der Waals surface area contributed by atoms with Gasteiger partial charge in [-0.15, -0.1) is 0 Å². The molecule has 1 aliphatic heterocycles. The molecule has 1 N–H and O–H groups in total. The Kier molecular flexibility index (Phi) is 2.92. The van der Waals surface area contributed by atoms with Gasteiger partial charge in [0, 0.05) is 24.3 Å². The van der Waals surface area contributed by atoms with E-state index in [-0.39, 0.29) is 6.09 Å². The summed E-state index contributed by atoms with van der Waals surface area (Å²) in [4.78, 5) is 21.4. The number of fused-ring (bicyclic) bond motifs is 3. The average molecular weight is 273 g/mol. The van der Waals surface area contributed by atoms with Crippen molar-refractivity contribution in [2.24, 2.45) is 0 Å². The molecule has 0 saturated carbocycles. The second-order valence-electron chi connectivity index (χ2n) is 6.15. The molecular weight excluding hydrogens is 254 g/mol. The largest absolute Gasteiger partial charge is 0.444 e. The van der Waals surface area contributed by atoms with Gasteiger partial charge in [-0.3, -0.25) is 0 Å². The Morgan fingerprint density at radius 2 is 2.25 bits per heavy atom. The van der Waals surface area contributed by atoms with Gasteiger partial charge in [-0.05, 0) is 44.4 Å². The van der Waals surface area contributed by atoms with Crippen molar-refractivity contribution >= 4 is 17.1 Å². The SMILES string of the molecule is CC(C)(C)OC(=O)N1CCc2c(cnc3[nH]ccc23)C1. The van der Waals surface area contributed by atoms with E-state index in [4.69, 9.17) is 4.74 Å². The Bertz CT molecular complexity index is 655. The summed E-state index contributed by atoms with van der Waals surface area (Å²) < 4.78 is 5.43. The highest BCUT2D eigenvalue weighted by Crippen LogP contribution is 2.26. The molecule has 0 radical (unpaired) electrons. The zero-order valence-electron chi connectivity index (χ0n) is 12.1. The lowest BCUT2D eigenvalue weighted by Gasteiger charge is -2.31. The summed E-state index contributed by atoms with van der Waals surface area (Å²) >= 11 is 0. The number of ether oxygens (including phenoxy) is 1. The second-order valence-corrected chi connectivity index (χ2v) is 6.15. The maximum Gasteiger partial charge on any atom is 0.410 e. The van der Waals surface area contributed by atoms with Crippen molar-refractivity contribution in [3.05, 3.63) is 29.6 Å². The number of H-pyrrole nitrogens is 1. The zero-order valence-corrected chi connectivity index (χ0v) is 12.1. The number of nitrogens with zero attached hydrogens (tertiary/aromatic N) is 2. The molecule has 0 aliphatic carbocycles. The lowest BCUT2D eigenvalue weighted by Crippen LogP contribution is -2.40. The van der Waals surface area contributed by atoms with Crippen LogP contribution in [-0.2, 0) is 17.7 Å². The van der Waals surface area contributed by atoms with Gasteiger partial charge in [0.05, 0.1) is 6.54 Å². The van der Waals surface area contributed by atoms with Crippen molar-refractivity contribution in [1.29, 1.82) is 0 Å². The van der Waals surface area contributed by atoms with Gasteiger partial charge < -0.3 is 14.6 Å². The van der Waals surface area contributed by atoms with Gasteiger partial charge in [-0.25, -0.2) is 9.78 Å². The highest BCUT2D eigenvalue weighted by atomic mass is 16.6. The van der Waals surface area contributed by atoms with Crippen molar-refractivity contribution in [3.63, 3.8) is 0 Å². The molecule has 0 atom stereocenters. The first-order chi connectivity index (χ1) is 9.44. The minimum absolute atomic E-state index is 0.252. The van der Waals surface area contributed by atoms with E-state index < -0.39 is 5.60 Å². The van der Waals surface area contributed by atoms with Gasteiger partial charge >= 0.3 is 6.09 Å². The molecule has 1 amide bonds. The molecule has 0 fully saturated rings. The Morgan fingerprint density at radius 3 is 3.00 bits per heavy atom. The summed E-state index contributed by atoms with van der Waals surface area (Å²) in [5.74, 6) is 0. The maximum absolute atomic E-state index is 12.1. The number of hydrogen-bond acceptors (Lipinski definition) is 3. The minimum atomic E-state index is -0.458. The highest BCUT2D eigenvalue weighted by Gasteiger charge is 2.26. The van der Waals surface area contributed by atoms with Crippen molar-refractivity contribution in [3.8, 4) is 0 Å². The Hall–Kier alpha value is -2.04. The number of hydrogen-bond donors (Lipinski definition) is 1. The molecule has 0 spiro atoms. The molecule has 0 unspecified atom stereocenters. The van der Waals surface area contributed by atoms with Gasteiger partial charge in [0.1, 0.15) is 11.2 Å². The number of nitrogens with one attached hydrogen (secondary N) is 1. The van der Waals surface area contributed by atoms with E-state index in [2.05, 4.69) is 9.97 Å². The number of amides is 1. The van der Waals surface area contributed by atoms with Crippen LogP contribution in [0.25, 0.3) is 11.0 Å². The third kappa shape index (κ3) is 2.35. The molecule has 20 heavy (non-hydrogen) atoms. The lowest BCUT2D eigenvalue weighted by atomic mass is 9.99. The van der Waals surface area contributed by atoms with Gasteiger partial charge in [0.25, 0.3) is 0 Å². The summed E-state index contributed by atoms with van der Waals surface area (Å²) in [6.45, 7) is 6.90. The van der Waals surface area contributed by atoms with E-state index in [0.717, 1.165) is 23.0 Å². The molecule has 2 aromatic rings. The number of carbonyl (C=O) groups is 1. The average Bonchev–Trinajstić information content (AvgIpc) is 2.84. The number of aromatic nitrogens is 2. The third-order valence-electron chi connectivity index (χ3n) is 3.43. The van der Waals surface area contributed by atoms with E-state index in [9.17, 15) is 4.79 Å². The van der Waals surface area contributed by atoms with Crippen LogP contribution in [0.15, 0.2) is 18.5 Å². The topological polar surface area (TPSA) is 58.2 Å². The van der Waals surface area contributed by atoms with Gasteiger partial charge in [-0.2, -0.15) is 0 Å². The molecule has 5 nitrogen and oxygen atoms in total. The van der Waals surface area contributed by atoms with E-state index in [1.165, 1.54) is 5.56 Å². The Balaban J connectivity index is 1.83.